The molecule has 3 rings (SSSR count). The first-order chi connectivity index (χ1) is 10.0. The quantitative estimate of drug-likeness (QED) is 0.804. The molecule has 2 aromatic rings. The molecule has 0 saturated heterocycles. The number of carbonyl (C=O) groups excluding carboxylic acids is 2. The average molecular weight is 284 g/mol. The van der Waals surface area contributed by atoms with Gasteiger partial charge in [0, 0.05) is 6.54 Å². The molecule has 0 N–H and O–H groups in total. The average Bonchev–Trinajstić information content (AvgIpc) is 3.02. The summed E-state index contributed by atoms with van der Waals surface area (Å²) < 4.78 is 1.72. The van der Waals surface area contributed by atoms with Crippen LogP contribution < -0.4 is 4.90 Å². The Labute approximate surface area is 122 Å². The normalized spacial score (nSPS) is 14.0. The highest BCUT2D eigenvalue weighted by molar-refractivity contribution is 6.52. The number of carbonyl (C=O) groups is 2. The van der Waals surface area contributed by atoms with Crippen molar-refractivity contribution in [2.45, 2.75) is 33.9 Å². The highest BCUT2D eigenvalue weighted by atomic mass is 16.2. The summed E-state index contributed by atoms with van der Waals surface area (Å²) in [5.74, 6) is -0.255. The van der Waals surface area contributed by atoms with Gasteiger partial charge in [0.05, 0.1) is 17.8 Å². The maximum atomic E-state index is 12.3. The molecular weight excluding hydrogens is 268 g/mol. The van der Waals surface area contributed by atoms with E-state index in [1.807, 2.05) is 32.9 Å². The third-order valence-corrected chi connectivity index (χ3v) is 3.82. The molecule has 21 heavy (non-hydrogen) atoms. The molecule has 2 heterocycles. The van der Waals surface area contributed by atoms with Crippen LogP contribution in [0.2, 0.25) is 0 Å². The van der Waals surface area contributed by atoms with Gasteiger partial charge in [-0.25, -0.2) is 9.67 Å². The smallest absolute Gasteiger partial charge is 0.297 e. The van der Waals surface area contributed by atoms with Crippen LogP contribution in [-0.2, 0) is 17.9 Å². The van der Waals surface area contributed by atoms with Crippen LogP contribution in [-0.4, -0.2) is 26.5 Å². The van der Waals surface area contributed by atoms with Crippen molar-refractivity contribution in [2.75, 3.05) is 4.90 Å². The van der Waals surface area contributed by atoms with E-state index in [0.717, 1.165) is 11.1 Å². The van der Waals surface area contributed by atoms with Gasteiger partial charge in [0.15, 0.2) is 0 Å². The number of fused-ring (bicyclic) bond motifs is 1. The monoisotopic (exact) mass is 284 g/mol. The molecule has 0 bridgehead atoms. The molecule has 6 heteroatoms. The molecule has 0 unspecified atom stereocenters. The lowest BCUT2D eigenvalue weighted by Gasteiger charge is -2.18. The Morgan fingerprint density at radius 2 is 1.86 bits per heavy atom. The number of rotatable bonds is 3. The molecule has 0 fully saturated rings. The Balaban J connectivity index is 2.08. The molecule has 1 aromatic carbocycles. The molecule has 0 radical (unpaired) electrons. The minimum Gasteiger partial charge on any atom is -0.297 e. The molecule has 108 valence electrons. The van der Waals surface area contributed by atoms with Gasteiger partial charge in [-0.2, -0.15) is 5.10 Å². The van der Waals surface area contributed by atoms with E-state index in [4.69, 9.17) is 0 Å². The summed E-state index contributed by atoms with van der Waals surface area (Å²) in [5, 5.41) is 4.10. The third-order valence-electron chi connectivity index (χ3n) is 3.82. The zero-order valence-corrected chi connectivity index (χ0v) is 12.3. The van der Waals surface area contributed by atoms with E-state index >= 15 is 0 Å². The van der Waals surface area contributed by atoms with Crippen molar-refractivity contribution in [1.82, 2.24) is 14.8 Å². The number of anilines is 1. The summed E-state index contributed by atoms with van der Waals surface area (Å²) in [6, 6.07) is 3.80. The van der Waals surface area contributed by atoms with Crippen LogP contribution in [0.3, 0.4) is 0 Å². The van der Waals surface area contributed by atoms with E-state index in [1.165, 1.54) is 11.2 Å². The molecular formula is C15H16N4O2. The highest BCUT2D eigenvalue weighted by Crippen LogP contribution is 2.35. The largest absolute Gasteiger partial charge is 0.299 e. The molecule has 1 amide bonds. The van der Waals surface area contributed by atoms with Gasteiger partial charge in [0.1, 0.15) is 12.2 Å². The Morgan fingerprint density at radius 3 is 2.57 bits per heavy atom. The second-order valence-electron chi connectivity index (χ2n) is 5.14. The van der Waals surface area contributed by atoms with Crippen molar-refractivity contribution in [1.29, 1.82) is 0 Å². The van der Waals surface area contributed by atoms with Crippen molar-refractivity contribution >= 4 is 17.4 Å². The molecule has 0 saturated carbocycles. The van der Waals surface area contributed by atoms with Crippen LogP contribution in [0.1, 0.15) is 34.2 Å². The first kappa shape index (κ1) is 13.5. The van der Waals surface area contributed by atoms with Gasteiger partial charge in [0.25, 0.3) is 11.7 Å². The summed E-state index contributed by atoms with van der Waals surface area (Å²) in [4.78, 5) is 30.2. The number of ketones is 1. The Morgan fingerprint density at radius 1 is 1.14 bits per heavy atom. The van der Waals surface area contributed by atoms with E-state index in [9.17, 15) is 9.59 Å². The predicted octanol–water partition coefficient (Wildman–Crippen LogP) is 1.64. The predicted molar refractivity (Wildman–Crippen MR) is 77.1 cm³/mol. The lowest BCUT2D eigenvalue weighted by atomic mass is 10.0. The van der Waals surface area contributed by atoms with Gasteiger partial charge < -0.3 is 0 Å². The molecule has 1 aromatic heterocycles. The minimum absolute atomic E-state index is 0.260. The highest BCUT2D eigenvalue weighted by Gasteiger charge is 2.38. The lowest BCUT2D eigenvalue weighted by Crippen LogP contribution is -2.31. The van der Waals surface area contributed by atoms with Crippen LogP contribution in [0.4, 0.5) is 5.69 Å². The zero-order valence-electron chi connectivity index (χ0n) is 12.3. The zero-order chi connectivity index (χ0) is 15.1. The SMILES string of the molecule is CCn1ncnc1CN1C(=O)C(=O)c2c(C)ccc(C)c21. The van der Waals surface area contributed by atoms with Crippen molar-refractivity contribution in [3.8, 4) is 0 Å². The number of aryl methyl sites for hydroxylation is 3. The van der Waals surface area contributed by atoms with Crippen LogP contribution in [0.25, 0.3) is 0 Å². The maximum absolute atomic E-state index is 12.3. The molecule has 1 aliphatic rings. The van der Waals surface area contributed by atoms with Crippen LogP contribution in [0.5, 0.6) is 0 Å². The van der Waals surface area contributed by atoms with Crippen molar-refractivity contribution in [3.05, 3.63) is 41.0 Å². The molecule has 0 atom stereocenters. The standard InChI is InChI=1S/C15H16N4O2/c1-4-19-11(16-8-17-19)7-18-13-10(3)6-5-9(2)12(13)14(20)15(18)21/h5-6,8H,4,7H2,1-3H3. The van der Waals surface area contributed by atoms with E-state index < -0.39 is 11.7 Å². The number of benzene rings is 1. The fourth-order valence-corrected chi connectivity index (χ4v) is 2.73. The number of aromatic nitrogens is 3. The van der Waals surface area contributed by atoms with Gasteiger partial charge in [-0.3, -0.25) is 14.5 Å². The summed E-state index contributed by atoms with van der Waals surface area (Å²) in [5.41, 5.74) is 2.96. The Hall–Kier alpha value is -2.50. The molecule has 1 aliphatic heterocycles. The number of nitrogens with zero attached hydrogens (tertiary/aromatic N) is 4. The van der Waals surface area contributed by atoms with Gasteiger partial charge in [-0.1, -0.05) is 12.1 Å². The second kappa shape index (κ2) is 4.80. The number of hydrogen-bond donors (Lipinski definition) is 0. The summed E-state index contributed by atoms with van der Waals surface area (Å²) in [7, 11) is 0. The van der Waals surface area contributed by atoms with Crippen LogP contribution >= 0.6 is 0 Å². The van der Waals surface area contributed by atoms with Crippen LogP contribution in [0, 0.1) is 13.8 Å². The van der Waals surface area contributed by atoms with Gasteiger partial charge in [-0.15, -0.1) is 0 Å². The fourth-order valence-electron chi connectivity index (χ4n) is 2.73. The van der Waals surface area contributed by atoms with Crippen molar-refractivity contribution in [3.63, 3.8) is 0 Å². The summed E-state index contributed by atoms with van der Waals surface area (Å²) in [6.07, 6.45) is 1.46. The summed E-state index contributed by atoms with van der Waals surface area (Å²) in [6.45, 7) is 6.64. The maximum Gasteiger partial charge on any atom is 0.299 e. The van der Waals surface area contributed by atoms with Gasteiger partial charge in [0.2, 0.25) is 0 Å². The number of amides is 1. The summed E-state index contributed by atoms with van der Waals surface area (Å²) >= 11 is 0. The van der Waals surface area contributed by atoms with E-state index in [0.29, 0.717) is 23.6 Å². The number of hydrogen-bond acceptors (Lipinski definition) is 4. The topological polar surface area (TPSA) is 68.1 Å². The van der Waals surface area contributed by atoms with Gasteiger partial charge >= 0.3 is 0 Å². The van der Waals surface area contributed by atoms with E-state index in [-0.39, 0.29) is 6.54 Å². The number of Topliss-reactive ketones (excluding diaryl/α,β-unsaturated/α-hetero) is 1. The van der Waals surface area contributed by atoms with Crippen molar-refractivity contribution in [2.24, 2.45) is 0 Å². The fraction of sp³-hybridized carbons (Fsp3) is 0.333. The van der Waals surface area contributed by atoms with Crippen molar-refractivity contribution < 1.29 is 9.59 Å². The minimum atomic E-state index is -0.493. The molecule has 0 spiro atoms. The first-order valence-electron chi connectivity index (χ1n) is 6.87. The van der Waals surface area contributed by atoms with E-state index in [1.54, 1.807) is 4.68 Å². The van der Waals surface area contributed by atoms with E-state index in [2.05, 4.69) is 10.1 Å². The second-order valence-corrected chi connectivity index (χ2v) is 5.14. The Bertz CT molecular complexity index is 748. The lowest BCUT2D eigenvalue weighted by molar-refractivity contribution is -0.114. The third kappa shape index (κ3) is 1.94. The molecule has 6 nitrogen and oxygen atoms in total. The van der Waals surface area contributed by atoms with Gasteiger partial charge in [-0.05, 0) is 31.9 Å². The first-order valence-corrected chi connectivity index (χ1v) is 6.87. The Kier molecular flexibility index (Phi) is 3.08. The van der Waals surface area contributed by atoms with Crippen LogP contribution in [0.15, 0.2) is 18.5 Å². The molecule has 0 aliphatic carbocycles.